The summed E-state index contributed by atoms with van der Waals surface area (Å²) < 4.78 is 18.8. The molecule has 0 spiro atoms. The van der Waals surface area contributed by atoms with E-state index in [9.17, 15) is 9.18 Å². The van der Waals surface area contributed by atoms with Gasteiger partial charge in [0.2, 0.25) is 0 Å². The summed E-state index contributed by atoms with van der Waals surface area (Å²) in [5, 5.41) is 11.8. The number of methoxy groups -OCH3 is 1. The first-order valence-corrected chi connectivity index (χ1v) is 7.21. The highest BCUT2D eigenvalue weighted by Crippen LogP contribution is 2.20. The van der Waals surface area contributed by atoms with Crippen LogP contribution in [0, 0.1) is 17.7 Å². The molecule has 2 N–H and O–H groups in total. The molecule has 1 rings (SSSR count). The molecule has 0 aliphatic rings. The quantitative estimate of drug-likeness (QED) is 0.775. The second-order valence-corrected chi connectivity index (χ2v) is 5.54. The van der Waals surface area contributed by atoms with Gasteiger partial charge in [-0.1, -0.05) is 19.9 Å². The molecule has 1 amide bonds. The Hall–Kier alpha value is -1.62. The van der Waals surface area contributed by atoms with Crippen molar-refractivity contribution in [1.82, 2.24) is 5.32 Å². The summed E-state index contributed by atoms with van der Waals surface area (Å²) >= 11 is 0. The van der Waals surface area contributed by atoms with Crippen LogP contribution in [0.2, 0.25) is 0 Å². The van der Waals surface area contributed by atoms with Crippen molar-refractivity contribution in [1.29, 1.82) is 0 Å². The minimum absolute atomic E-state index is 0.0263. The lowest BCUT2D eigenvalue weighted by Crippen LogP contribution is -2.31. The molecule has 1 atom stereocenters. The number of rotatable bonds is 8. The summed E-state index contributed by atoms with van der Waals surface area (Å²) in [6.07, 6.45) is 1.53. The van der Waals surface area contributed by atoms with Crippen LogP contribution in [-0.2, 0) is 0 Å². The zero-order valence-electron chi connectivity index (χ0n) is 12.9. The number of hydrogen-bond acceptors (Lipinski definition) is 3. The maximum Gasteiger partial charge on any atom is 0.254 e. The van der Waals surface area contributed by atoms with E-state index in [1.54, 1.807) is 6.07 Å². The van der Waals surface area contributed by atoms with Gasteiger partial charge in [-0.05, 0) is 36.8 Å². The van der Waals surface area contributed by atoms with Crippen LogP contribution in [0.5, 0.6) is 5.75 Å². The maximum absolute atomic E-state index is 14.0. The van der Waals surface area contributed by atoms with Crippen molar-refractivity contribution in [2.24, 2.45) is 11.8 Å². The van der Waals surface area contributed by atoms with E-state index in [2.05, 4.69) is 19.2 Å². The van der Waals surface area contributed by atoms with Gasteiger partial charge in [-0.3, -0.25) is 4.79 Å². The molecule has 118 valence electrons. The van der Waals surface area contributed by atoms with E-state index in [-0.39, 0.29) is 23.8 Å². The zero-order valence-corrected chi connectivity index (χ0v) is 12.9. The molecule has 0 radical (unpaired) electrons. The highest BCUT2D eigenvalue weighted by Gasteiger charge is 2.17. The van der Waals surface area contributed by atoms with Gasteiger partial charge in [-0.15, -0.1) is 0 Å². The number of benzene rings is 1. The Morgan fingerprint density at radius 2 is 2.14 bits per heavy atom. The van der Waals surface area contributed by atoms with Crippen molar-refractivity contribution < 1.29 is 19.0 Å². The molecule has 0 aromatic heterocycles. The molecule has 1 unspecified atom stereocenters. The molecule has 0 heterocycles. The number of aliphatic hydroxyl groups is 1. The fraction of sp³-hybridized carbons (Fsp3) is 0.562. The summed E-state index contributed by atoms with van der Waals surface area (Å²) in [5.74, 6) is -0.394. The first kappa shape index (κ1) is 17.4. The van der Waals surface area contributed by atoms with E-state index >= 15 is 0 Å². The van der Waals surface area contributed by atoms with Gasteiger partial charge in [0, 0.05) is 13.2 Å². The number of hydrogen-bond donors (Lipinski definition) is 2. The van der Waals surface area contributed by atoms with Crippen LogP contribution in [0.25, 0.3) is 0 Å². The number of halogens is 1. The molecular formula is C16H24FNO3. The molecule has 0 aliphatic heterocycles. The minimum atomic E-state index is -0.653. The molecule has 21 heavy (non-hydrogen) atoms. The van der Waals surface area contributed by atoms with Gasteiger partial charge >= 0.3 is 0 Å². The normalized spacial score (nSPS) is 12.3. The van der Waals surface area contributed by atoms with Gasteiger partial charge in [-0.2, -0.15) is 0 Å². The van der Waals surface area contributed by atoms with E-state index in [0.717, 1.165) is 6.42 Å². The van der Waals surface area contributed by atoms with Crippen LogP contribution < -0.4 is 10.1 Å². The van der Waals surface area contributed by atoms with E-state index in [1.165, 1.54) is 19.2 Å². The predicted octanol–water partition coefficient (Wildman–Crippen LogP) is 2.61. The molecule has 0 saturated carbocycles. The molecule has 0 saturated heterocycles. The molecule has 0 fully saturated rings. The van der Waals surface area contributed by atoms with Gasteiger partial charge in [0.1, 0.15) is 0 Å². The Morgan fingerprint density at radius 1 is 1.43 bits per heavy atom. The van der Waals surface area contributed by atoms with Crippen LogP contribution in [0.3, 0.4) is 0 Å². The van der Waals surface area contributed by atoms with Gasteiger partial charge < -0.3 is 15.2 Å². The third kappa shape index (κ3) is 5.34. The molecular weight excluding hydrogens is 273 g/mol. The lowest BCUT2D eigenvalue weighted by Gasteiger charge is -2.18. The second kappa shape index (κ2) is 8.62. The Bertz CT molecular complexity index is 463. The van der Waals surface area contributed by atoms with E-state index < -0.39 is 11.7 Å². The Balaban J connectivity index is 2.68. The van der Waals surface area contributed by atoms with Gasteiger partial charge in [-0.25, -0.2) is 4.39 Å². The molecule has 4 nitrogen and oxygen atoms in total. The summed E-state index contributed by atoms with van der Waals surface area (Å²) in [5.41, 5.74) is -0.0263. The van der Waals surface area contributed by atoms with E-state index in [1.807, 2.05) is 0 Å². The van der Waals surface area contributed by atoms with Crippen LogP contribution in [0.4, 0.5) is 4.39 Å². The van der Waals surface area contributed by atoms with Crippen LogP contribution in [-0.4, -0.2) is 31.3 Å². The molecule has 0 bridgehead atoms. The minimum Gasteiger partial charge on any atom is -0.494 e. The third-order valence-electron chi connectivity index (χ3n) is 3.32. The average molecular weight is 297 g/mol. The topological polar surface area (TPSA) is 58.6 Å². The van der Waals surface area contributed by atoms with Crippen LogP contribution in [0.1, 0.15) is 37.0 Å². The van der Waals surface area contributed by atoms with E-state index in [0.29, 0.717) is 18.9 Å². The van der Waals surface area contributed by atoms with E-state index in [4.69, 9.17) is 9.84 Å². The molecule has 5 heteroatoms. The standard InChI is InChI=1S/C16H24FNO3/c1-11(2)9-12(7-8-19)10-18-16(20)13-5-4-6-14(21-3)15(13)17/h4-6,11-12,19H,7-10H2,1-3H3,(H,18,20). The third-order valence-corrected chi connectivity index (χ3v) is 3.32. The average Bonchev–Trinajstić information content (AvgIpc) is 2.44. The number of amides is 1. The largest absolute Gasteiger partial charge is 0.494 e. The highest BCUT2D eigenvalue weighted by atomic mass is 19.1. The smallest absolute Gasteiger partial charge is 0.254 e. The Kier molecular flexibility index (Phi) is 7.15. The maximum atomic E-state index is 14.0. The predicted molar refractivity (Wildman–Crippen MR) is 79.9 cm³/mol. The summed E-state index contributed by atoms with van der Waals surface area (Å²) in [6.45, 7) is 4.69. The SMILES string of the molecule is COc1cccc(C(=O)NCC(CCO)CC(C)C)c1F. The summed E-state index contributed by atoms with van der Waals surface area (Å²) in [6, 6.07) is 4.48. The zero-order chi connectivity index (χ0) is 15.8. The fourth-order valence-electron chi connectivity index (χ4n) is 2.33. The summed E-state index contributed by atoms with van der Waals surface area (Å²) in [7, 11) is 1.36. The van der Waals surface area contributed by atoms with Gasteiger partial charge in [0.15, 0.2) is 11.6 Å². The van der Waals surface area contributed by atoms with Crippen molar-refractivity contribution in [2.45, 2.75) is 26.7 Å². The van der Waals surface area contributed by atoms with Crippen molar-refractivity contribution in [3.8, 4) is 5.75 Å². The van der Waals surface area contributed by atoms with Crippen molar-refractivity contribution in [2.75, 3.05) is 20.3 Å². The number of carbonyl (C=O) groups is 1. The number of ether oxygens (including phenoxy) is 1. The van der Waals surface area contributed by atoms with Crippen molar-refractivity contribution >= 4 is 5.91 Å². The monoisotopic (exact) mass is 297 g/mol. The first-order valence-electron chi connectivity index (χ1n) is 7.21. The van der Waals surface area contributed by atoms with Crippen LogP contribution >= 0.6 is 0 Å². The highest BCUT2D eigenvalue weighted by molar-refractivity contribution is 5.94. The number of aliphatic hydroxyl groups excluding tert-OH is 1. The van der Waals surface area contributed by atoms with Crippen molar-refractivity contribution in [3.63, 3.8) is 0 Å². The molecule has 1 aromatic carbocycles. The number of carbonyl (C=O) groups excluding carboxylic acids is 1. The van der Waals surface area contributed by atoms with Crippen molar-refractivity contribution in [3.05, 3.63) is 29.6 Å². The fourth-order valence-corrected chi connectivity index (χ4v) is 2.33. The lowest BCUT2D eigenvalue weighted by molar-refractivity contribution is 0.0936. The number of nitrogens with one attached hydrogen (secondary N) is 1. The second-order valence-electron chi connectivity index (χ2n) is 5.54. The van der Waals surface area contributed by atoms with Crippen LogP contribution in [0.15, 0.2) is 18.2 Å². The first-order chi connectivity index (χ1) is 9.99. The van der Waals surface area contributed by atoms with Gasteiger partial charge in [0.05, 0.1) is 12.7 Å². The molecule has 0 aliphatic carbocycles. The Morgan fingerprint density at radius 3 is 2.71 bits per heavy atom. The summed E-state index contributed by atoms with van der Waals surface area (Å²) in [4.78, 5) is 12.1. The Labute approximate surface area is 125 Å². The molecule has 1 aromatic rings. The van der Waals surface area contributed by atoms with Gasteiger partial charge in [0.25, 0.3) is 5.91 Å². The lowest BCUT2D eigenvalue weighted by atomic mass is 9.94.